The van der Waals surface area contributed by atoms with Crippen molar-refractivity contribution < 1.29 is 8.42 Å². The van der Waals surface area contributed by atoms with Gasteiger partial charge in [0.1, 0.15) is 0 Å². The van der Waals surface area contributed by atoms with Crippen molar-refractivity contribution >= 4 is 10.0 Å². The van der Waals surface area contributed by atoms with Gasteiger partial charge in [-0.3, -0.25) is 0 Å². The van der Waals surface area contributed by atoms with Crippen LogP contribution in [0.5, 0.6) is 0 Å². The van der Waals surface area contributed by atoms with E-state index >= 15 is 0 Å². The molecule has 1 aromatic rings. The van der Waals surface area contributed by atoms with E-state index in [9.17, 15) is 8.42 Å². The maximum absolute atomic E-state index is 12.3. The Hall–Kier alpha value is -0.910. The molecule has 1 saturated carbocycles. The predicted octanol–water partition coefficient (Wildman–Crippen LogP) is 2.82. The van der Waals surface area contributed by atoms with E-state index in [0.717, 1.165) is 18.5 Å². The third kappa shape index (κ3) is 4.80. The van der Waals surface area contributed by atoms with E-state index in [2.05, 4.69) is 23.9 Å². The molecule has 0 bridgehead atoms. The highest BCUT2D eigenvalue weighted by atomic mass is 32.2. The molecule has 0 heterocycles. The minimum atomic E-state index is -3.40. The van der Waals surface area contributed by atoms with Gasteiger partial charge in [0.2, 0.25) is 10.0 Å². The van der Waals surface area contributed by atoms with Gasteiger partial charge >= 0.3 is 0 Å². The summed E-state index contributed by atoms with van der Waals surface area (Å²) >= 11 is 0. The zero-order valence-electron chi connectivity index (χ0n) is 13.1. The third-order valence-electron chi connectivity index (χ3n) is 3.94. The van der Waals surface area contributed by atoms with Gasteiger partial charge in [-0.15, -0.1) is 0 Å². The first kappa shape index (κ1) is 16.5. The van der Waals surface area contributed by atoms with Crippen molar-refractivity contribution in [1.82, 2.24) is 10.0 Å². The molecule has 2 unspecified atom stereocenters. The largest absolute Gasteiger partial charge is 0.310 e. The number of hydrogen-bond acceptors (Lipinski definition) is 3. The fourth-order valence-electron chi connectivity index (χ4n) is 2.59. The molecule has 2 atom stereocenters. The third-order valence-corrected chi connectivity index (χ3v) is 5.55. The minimum Gasteiger partial charge on any atom is -0.310 e. The predicted molar refractivity (Wildman–Crippen MR) is 85.7 cm³/mol. The average Bonchev–Trinajstić information content (AvgIpc) is 3.22. The first-order valence-corrected chi connectivity index (χ1v) is 9.26. The summed E-state index contributed by atoms with van der Waals surface area (Å²) in [5.41, 5.74) is 1.10. The number of hydrogen-bond donors (Lipinski definition) is 2. The molecule has 4 nitrogen and oxygen atoms in total. The molecule has 2 N–H and O–H groups in total. The summed E-state index contributed by atoms with van der Waals surface area (Å²) in [6, 6.07) is 7.38. The van der Waals surface area contributed by atoms with Crippen molar-refractivity contribution in [1.29, 1.82) is 0 Å². The molecule has 0 radical (unpaired) electrons. The van der Waals surface area contributed by atoms with Gasteiger partial charge in [-0.05, 0) is 50.4 Å². The Morgan fingerprint density at radius 3 is 2.33 bits per heavy atom. The molecule has 118 valence electrons. The SMILES string of the molecule is CCNC(C)c1ccc(S(=O)(=O)NC(C)CC2CC2)cc1. The molecule has 5 heteroatoms. The molecule has 0 spiro atoms. The van der Waals surface area contributed by atoms with Crippen LogP contribution in [0.4, 0.5) is 0 Å². The van der Waals surface area contributed by atoms with Crippen LogP contribution in [0.15, 0.2) is 29.2 Å². The summed E-state index contributed by atoms with van der Waals surface area (Å²) in [5.74, 6) is 0.714. The summed E-state index contributed by atoms with van der Waals surface area (Å²) in [4.78, 5) is 0.345. The monoisotopic (exact) mass is 310 g/mol. The first-order valence-electron chi connectivity index (χ1n) is 7.78. The van der Waals surface area contributed by atoms with Crippen molar-refractivity contribution in [3.63, 3.8) is 0 Å². The van der Waals surface area contributed by atoms with E-state index in [1.165, 1.54) is 12.8 Å². The highest BCUT2D eigenvalue weighted by Crippen LogP contribution is 2.33. The number of benzene rings is 1. The molecule has 0 aromatic heterocycles. The molecule has 0 aliphatic heterocycles. The van der Waals surface area contributed by atoms with E-state index in [4.69, 9.17) is 0 Å². The lowest BCUT2D eigenvalue weighted by molar-refractivity contribution is 0.530. The number of rotatable bonds is 8. The first-order chi connectivity index (χ1) is 9.92. The molecule has 0 saturated heterocycles. The van der Waals surface area contributed by atoms with Crippen LogP contribution >= 0.6 is 0 Å². The maximum Gasteiger partial charge on any atom is 0.240 e. The topological polar surface area (TPSA) is 58.2 Å². The van der Waals surface area contributed by atoms with Gasteiger partial charge < -0.3 is 5.32 Å². The lowest BCUT2D eigenvalue weighted by Crippen LogP contribution is -2.33. The highest BCUT2D eigenvalue weighted by Gasteiger charge is 2.26. The second-order valence-corrected chi connectivity index (χ2v) is 7.76. The lowest BCUT2D eigenvalue weighted by Gasteiger charge is -2.15. The van der Waals surface area contributed by atoms with Gasteiger partial charge in [-0.25, -0.2) is 13.1 Å². The quantitative estimate of drug-likeness (QED) is 0.776. The Balaban J connectivity index is 2.01. The van der Waals surface area contributed by atoms with Gasteiger partial charge in [0.25, 0.3) is 0 Å². The number of nitrogens with one attached hydrogen (secondary N) is 2. The molecule has 0 amide bonds. The Bertz CT molecular complexity index is 550. The van der Waals surface area contributed by atoms with Gasteiger partial charge in [0.15, 0.2) is 0 Å². The normalized spacial score (nSPS) is 18.4. The average molecular weight is 310 g/mol. The van der Waals surface area contributed by atoms with Gasteiger partial charge in [0.05, 0.1) is 4.90 Å². The fourth-order valence-corrected chi connectivity index (χ4v) is 3.85. The van der Waals surface area contributed by atoms with E-state index in [-0.39, 0.29) is 12.1 Å². The Morgan fingerprint density at radius 2 is 1.81 bits per heavy atom. The zero-order valence-corrected chi connectivity index (χ0v) is 13.9. The number of sulfonamides is 1. The Labute approximate surface area is 128 Å². The van der Waals surface area contributed by atoms with E-state index in [0.29, 0.717) is 10.8 Å². The van der Waals surface area contributed by atoms with E-state index in [1.807, 2.05) is 19.1 Å². The van der Waals surface area contributed by atoms with Crippen molar-refractivity contribution in [2.24, 2.45) is 5.92 Å². The lowest BCUT2D eigenvalue weighted by atomic mass is 10.1. The smallest absolute Gasteiger partial charge is 0.240 e. The molecule has 1 fully saturated rings. The van der Waals surface area contributed by atoms with Crippen molar-refractivity contribution in [2.75, 3.05) is 6.54 Å². The molecular weight excluding hydrogens is 284 g/mol. The van der Waals surface area contributed by atoms with Crippen molar-refractivity contribution in [3.05, 3.63) is 29.8 Å². The van der Waals surface area contributed by atoms with Crippen LogP contribution in [0.3, 0.4) is 0 Å². The summed E-state index contributed by atoms with van der Waals surface area (Å²) in [6.07, 6.45) is 3.42. The summed E-state index contributed by atoms with van der Waals surface area (Å²) in [6.45, 7) is 6.96. The molecule has 21 heavy (non-hydrogen) atoms. The van der Waals surface area contributed by atoms with Crippen LogP contribution < -0.4 is 10.0 Å². The molecular formula is C16H26N2O2S. The van der Waals surface area contributed by atoms with E-state index in [1.54, 1.807) is 12.1 Å². The van der Waals surface area contributed by atoms with Gasteiger partial charge in [0, 0.05) is 12.1 Å². The maximum atomic E-state index is 12.3. The zero-order chi connectivity index (χ0) is 15.5. The fraction of sp³-hybridized carbons (Fsp3) is 0.625. The highest BCUT2D eigenvalue weighted by molar-refractivity contribution is 7.89. The molecule has 1 aliphatic rings. The van der Waals surface area contributed by atoms with Crippen LogP contribution in [0.2, 0.25) is 0 Å². The van der Waals surface area contributed by atoms with Crippen LogP contribution in [-0.4, -0.2) is 21.0 Å². The van der Waals surface area contributed by atoms with Crippen LogP contribution in [0.1, 0.15) is 51.6 Å². The van der Waals surface area contributed by atoms with Gasteiger partial charge in [-0.1, -0.05) is 31.9 Å². The minimum absolute atomic E-state index is 0.00265. The van der Waals surface area contributed by atoms with Crippen LogP contribution in [-0.2, 0) is 10.0 Å². The van der Waals surface area contributed by atoms with E-state index < -0.39 is 10.0 Å². The molecule has 1 aromatic carbocycles. The second kappa shape index (κ2) is 6.90. The second-order valence-electron chi connectivity index (χ2n) is 6.05. The molecule has 1 aliphatic carbocycles. The standard InChI is InChI=1S/C16H26N2O2S/c1-4-17-13(3)15-7-9-16(10-8-15)21(19,20)18-12(2)11-14-5-6-14/h7-10,12-14,17-18H,4-6,11H2,1-3H3. The summed E-state index contributed by atoms with van der Waals surface area (Å²) < 4.78 is 27.4. The van der Waals surface area contributed by atoms with Gasteiger partial charge in [-0.2, -0.15) is 0 Å². The van der Waals surface area contributed by atoms with Crippen molar-refractivity contribution in [2.45, 2.75) is 57.0 Å². The Morgan fingerprint density at radius 1 is 1.19 bits per heavy atom. The van der Waals surface area contributed by atoms with Crippen molar-refractivity contribution in [3.8, 4) is 0 Å². The summed E-state index contributed by atoms with van der Waals surface area (Å²) in [5, 5.41) is 3.32. The van der Waals surface area contributed by atoms with Crippen LogP contribution in [0.25, 0.3) is 0 Å². The molecule has 2 rings (SSSR count). The van der Waals surface area contributed by atoms with Crippen LogP contribution in [0, 0.1) is 5.92 Å². The Kier molecular flexibility index (Phi) is 5.41. The summed E-state index contributed by atoms with van der Waals surface area (Å²) in [7, 11) is -3.40.